The molecule has 0 unspecified atom stereocenters. The van der Waals surface area contributed by atoms with Crippen LogP contribution in [-0.4, -0.2) is 36.3 Å². The molecule has 138 valence electrons. The number of para-hydroxylation sites is 1. The number of nitrogens with one attached hydrogen (secondary N) is 2. The molecule has 0 aliphatic heterocycles. The van der Waals surface area contributed by atoms with Gasteiger partial charge in [-0.05, 0) is 43.2 Å². The molecule has 0 aliphatic rings. The Morgan fingerprint density at radius 2 is 1.54 bits per heavy atom. The minimum absolute atomic E-state index is 0.0334. The monoisotopic (exact) mass is 353 g/mol. The van der Waals surface area contributed by atoms with Crippen molar-refractivity contribution in [1.29, 1.82) is 0 Å². The maximum Gasteiger partial charge on any atom is 0.253 e. The van der Waals surface area contributed by atoms with Gasteiger partial charge in [-0.15, -0.1) is 0 Å². The van der Waals surface area contributed by atoms with Crippen molar-refractivity contribution >= 4 is 23.2 Å². The highest BCUT2D eigenvalue weighted by molar-refractivity contribution is 5.96. The Kier molecular flexibility index (Phi) is 7.68. The summed E-state index contributed by atoms with van der Waals surface area (Å²) in [7, 11) is 0. The van der Waals surface area contributed by atoms with Gasteiger partial charge < -0.3 is 15.5 Å². The molecule has 0 radical (unpaired) electrons. The number of benzene rings is 2. The minimum Gasteiger partial charge on any atom is -0.376 e. The SMILES string of the molecule is CCCN(CCC)C(=O)c1cccc(NCC(=O)Nc2ccccc2)c1. The van der Waals surface area contributed by atoms with Gasteiger partial charge in [0.15, 0.2) is 0 Å². The molecule has 0 aromatic heterocycles. The Hall–Kier alpha value is -2.82. The number of hydrogen-bond donors (Lipinski definition) is 2. The largest absolute Gasteiger partial charge is 0.376 e. The molecule has 2 aromatic carbocycles. The highest BCUT2D eigenvalue weighted by Gasteiger charge is 2.14. The normalized spacial score (nSPS) is 10.2. The van der Waals surface area contributed by atoms with E-state index in [-0.39, 0.29) is 18.4 Å². The van der Waals surface area contributed by atoms with Crippen LogP contribution in [0.4, 0.5) is 11.4 Å². The van der Waals surface area contributed by atoms with E-state index < -0.39 is 0 Å². The molecule has 0 saturated heterocycles. The van der Waals surface area contributed by atoms with Crippen molar-refractivity contribution in [1.82, 2.24) is 4.90 Å². The Bertz CT molecular complexity index is 710. The second-order valence-electron chi connectivity index (χ2n) is 6.14. The van der Waals surface area contributed by atoms with E-state index in [0.29, 0.717) is 5.56 Å². The van der Waals surface area contributed by atoms with Crippen molar-refractivity contribution in [3.63, 3.8) is 0 Å². The zero-order valence-electron chi connectivity index (χ0n) is 15.5. The second kappa shape index (κ2) is 10.2. The van der Waals surface area contributed by atoms with Gasteiger partial charge >= 0.3 is 0 Å². The highest BCUT2D eigenvalue weighted by atomic mass is 16.2. The molecular formula is C21H27N3O2. The second-order valence-corrected chi connectivity index (χ2v) is 6.14. The highest BCUT2D eigenvalue weighted by Crippen LogP contribution is 2.14. The summed E-state index contributed by atoms with van der Waals surface area (Å²) in [6.07, 6.45) is 1.87. The lowest BCUT2D eigenvalue weighted by atomic mass is 10.1. The molecule has 0 atom stereocenters. The van der Waals surface area contributed by atoms with Crippen LogP contribution in [0.15, 0.2) is 54.6 Å². The van der Waals surface area contributed by atoms with Crippen LogP contribution in [0, 0.1) is 0 Å². The lowest BCUT2D eigenvalue weighted by molar-refractivity contribution is -0.114. The summed E-state index contributed by atoms with van der Waals surface area (Å²) in [5.41, 5.74) is 2.16. The first kappa shape index (κ1) is 19.5. The number of anilines is 2. The zero-order valence-corrected chi connectivity index (χ0v) is 15.5. The number of carbonyl (C=O) groups excluding carboxylic acids is 2. The van der Waals surface area contributed by atoms with E-state index in [0.717, 1.165) is 37.3 Å². The van der Waals surface area contributed by atoms with Crippen molar-refractivity contribution in [2.24, 2.45) is 0 Å². The van der Waals surface area contributed by atoms with Crippen molar-refractivity contribution in [3.05, 3.63) is 60.2 Å². The average Bonchev–Trinajstić information content (AvgIpc) is 2.67. The topological polar surface area (TPSA) is 61.4 Å². The smallest absolute Gasteiger partial charge is 0.253 e. The summed E-state index contributed by atoms with van der Waals surface area (Å²) in [5.74, 6) is -0.0994. The molecule has 5 nitrogen and oxygen atoms in total. The van der Waals surface area contributed by atoms with Crippen LogP contribution in [0.25, 0.3) is 0 Å². The molecule has 0 bridgehead atoms. The number of carbonyl (C=O) groups is 2. The van der Waals surface area contributed by atoms with Gasteiger partial charge in [0.1, 0.15) is 0 Å². The van der Waals surface area contributed by atoms with Crippen LogP contribution in [-0.2, 0) is 4.79 Å². The van der Waals surface area contributed by atoms with Gasteiger partial charge in [0, 0.05) is 30.0 Å². The quantitative estimate of drug-likeness (QED) is 0.716. The molecule has 2 aromatic rings. The molecule has 2 rings (SSSR count). The van der Waals surface area contributed by atoms with Gasteiger partial charge in [0.2, 0.25) is 5.91 Å². The maximum absolute atomic E-state index is 12.7. The number of nitrogens with zero attached hydrogens (tertiary/aromatic N) is 1. The molecule has 0 saturated carbocycles. The lowest BCUT2D eigenvalue weighted by Crippen LogP contribution is -2.32. The van der Waals surface area contributed by atoms with Crippen molar-refractivity contribution in [2.45, 2.75) is 26.7 Å². The van der Waals surface area contributed by atoms with Gasteiger partial charge in [-0.2, -0.15) is 0 Å². The van der Waals surface area contributed by atoms with Crippen LogP contribution < -0.4 is 10.6 Å². The van der Waals surface area contributed by atoms with E-state index in [1.165, 1.54) is 0 Å². The fourth-order valence-electron chi connectivity index (χ4n) is 2.71. The lowest BCUT2D eigenvalue weighted by Gasteiger charge is -2.21. The van der Waals surface area contributed by atoms with Gasteiger partial charge in [-0.25, -0.2) is 0 Å². The Labute approximate surface area is 155 Å². The third-order valence-corrected chi connectivity index (χ3v) is 3.89. The van der Waals surface area contributed by atoms with E-state index in [1.54, 1.807) is 6.07 Å². The summed E-state index contributed by atoms with van der Waals surface area (Å²) in [6, 6.07) is 16.6. The minimum atomic E-state index is -0.133. The van der Waals surface area contributed by atoms with Gasteiger partial charge in [-0.1, -0.05) is 38.1 Å². The summed E-state index contributed by atoms with van der Waals surface area (Å²) < 4.78 is 0. The fraction of sp³-hybridized carbons (Fsp3) is 0.333. The fourth-order valence-corrected chi connectivity index (χ4v) is 2.71. The predicted molar refractivity (Wildman–Crippen MR) is 106 cm³/mol. The maximum atomic E-state index is 12.7. The summed E-state index contributed by atoms with van der Waals surface area (Å²) in [4.78, 5) is 26.6. The van der Waals surface area contributed by atoms with Crippen molar-refractivity contribution in [3.8, 4) is 0 Å². The number of hydrogen-bond acceptors (Lipinski definition) is 3. The Morgan fingerprint density at radius 3 is 2.19 bits per heavy atom. The van der Waals surface area contributed by atoms with E-state index in [4.69, 9.17) is 0 Å². The van der Waals surface area contributed by atoms with E-state index >= 15 is 0 Å². The Balaban J connectivity index is 1.95. The Morgan fingerprint density at radius 1 is 0.885 bits per heavy atom. The number of rotatable bonds is 9. The molecule has 26 heavy (non-hydrogen) atoms. The first-order valence-corrected chi connectivity index (χ1v) is 9.12. The van der Waals surface area contributed by atoms with E-state index in [9.17, 15) is 9.59 Å². The first-order valence-electron chi connectivity index (χ1n) is 9.12. The molecule has 2 amide bonds. The van der Waals surface area contributed by atoms with Crippen LogP contribution in [0.5, 0.6) is 0 Å². The molecule has 0 heterocycles. The van der Waals surface area contributed by atoms with Crippen LogP contribution in [0.2, 0.25) is 0 Å². The average molecular weight is 353 g/mol. The number of amides is 2. The third-order valence-electron chi connectivity index (χ3n) is 3.89. The summed E-state index contributed by atoms with van der Waals surface area (Å²) in [6.45, 7) is 5.78. The van der Waals surface area contributed by atoms with Crippen molar-refractivity contribution < 1.29 is 9.59 Å². The standard InChI is InChI=1S/C21H27N3O2/c1-3-13-24(14-4-2)21(26)17-9-8-12-19(15-17)22-16-20(25)23-18-10-6-5-7-11-18/h5-12,15,22H,3-4,13-14,16H2,1-2H3,(H,23,25). The molecular weight excluding hydrogens is 326 g/mol. The summed E-state index contributed by atoms with van der Waals surface area (Å²) in [5, 5.41) is 5.90. The van der Waals surface area contributed by atoms with Crippen molar-refractivity contribution in [2.75, 3.05) is 30.3 Å². The predicted octanol–water partition coefficient (Wildman–Crippen LogP) is 4.00. The first-order chi connectivity index (χ1) is 12.6. The van der Waals surface area contributed by atoms with E-state index in [2.05, 4.69) is 24.5 Å². The van der Waals surface area contributed by atoms with Gasteiger partial charge in [-0.3, -0.25) is 9.59 Å². The van der Waals surface area contributed by atoms with Crippen LogP contribution in [0.3, 0.4) is 0 Å². The molecule has 0 fully saturated rings. The van der Waals surface area contributed by atoms with Gasteiger partial charge in [0.25, 0.3) is 5.91 Å². The molecule has 5 heteroatoms. The van der Waals surface area contributed by atoms with E-state index in [1.807, 2.05) is 53.4 Å². The van der Waals surface area contributed by atoms with Crippen LogP contribution >= 0.6 is 0 Å². The molecule has 2 N–H and O–H groups in total. The molecule has 0 spiro atoms. The zero-order chi connectivity index (χ0) is 18.8. The third kappa shape index (κ3) is 5.92. The summed E-state index contributed by atoms with van der Waals surface area (Å²) >= 11 is 0. The van der Waals surface area contributed by atoms with Gasteiger partial charge in [0.05, 0.1) is 6.54 Å². The molecule has 0 aliphatic carbocycles. The van der Waals surface area contributed by atoms with Crippen LogP contribution in [0.1, 0.15) is 37.0 Å².